The zero-order valence-electron chi connectivity index (χ0n) is 8.50. The van der Waals surface area contributed by atoms with Crippen LogP contribution in [-0.2, 0) is 9.32 Å². The third-order valence-corrected chi connectivity index (χ3v) is 2.67. The minimum atomic E-state index is -1.03. The number of nitrogens with zero attached hydrogens (tertiary/aromatic N) is 1. The first-order valence-corrected chi connectivity index (χ1v) is 4.73. The molecule has 0 heterocycles. The van der Waals surface area contributed by atoms with Crippen molar-refractivity contribution in [3.8, 4) is 6.07 Å². The Balaban J connectivity index is 5.14. The highest BCUT2D eigenvalue weighted by atomic mass is 31.0. The summed E-state index contributed by atoms with van der Waals surface area (Å²) in [5.74, 6) is -0.568. The van der Waals surface area contributed by atoms with Crippen molar-refractivity contribution in [3.63, 3.8) is 0 Å². The predicted molar refractivity (Wildman–Crippen MR) is 53.5 cm³/mol. The molecule has 0 radical (unpaired) electrons. The molecule has 0 aliphatic heterocycles. The predicted octanol–water partition coefficient (Wildman–Crippen LogP) is 2.14. The topological polar surface area (TPSA) is 50.1 Å². The highest BCUT2D eigenvalue weighted by Crippen LogP contribution is 2.37. The van der Waals surface area contributed by atoms with Gasteiger partial charge < -0.3 is 4.52 Å². The first-order valence-electron chi connectivity index (χ1n) is 4.25. The number of hydrogen-bond acceptors (Lipinski definition) is 3. The quantitative estimate of drug-likeness (QED) is 0.657. The summed E-state index contributed by atoms with van der Waals surface area (Å²) >= 11 is 0. The Labute approximate surface area is 81.7 Å². The molecule has 0 aromatic heterocycles. The van der Waals surface area contributed by atoms with Crippen molar-refractivity contribution in [2.75, 3.05) is 0 Å². The number of carbonyl (C=O) groups excluding carboxylic acids is 1. The van der Waals surface area contributed by atoms with Crippen molar-refractivity contribution >= 4 is 15.4 Å². The third kappa shape index (κ3) is 2.00. The van der Waals surface area contributed by atoms with Gasteiger partial charge in [-0.25, -0.2) is 0 Å². The minimum absolute atomic E-state index is 0.0504. The molecule has 0 fully saturated rings. The van der Waals surface area contributed by atoms with E-state index in [1.165, 1.54) is 0 Å². The summed E-state index contributed by atoms with van der Waals surface area (Å²) in [7, 11) is 1.90. The van der Waals surface area contributed by atoms with Crippen molar-refractivity contribution in [3.05, 3.63) is 0 Å². The van der Waals surface area contributed by atoms with E-state index in [1.54, 1.807) is 0 Å². The average molecular weight is 201 g/mol. The van der Waals surface area contributed by atoms with Crippen LogP contribution in [0.4, 0.5) is 0 Å². The van der Waals surface area contributed by atoms with E-state index in [9.17, 15) is 4.79 Å². The Bertz CT molecular complexity index is 222. The molecule has 3 nitrogen and oxygen atoms in total. The molecule has 0 saturated carbocycles. The summed E-state index contributed by atoms with van der Waals surface area (Å²) in [5.41, 5.74) is -1.03. The summed E-state index contributed by atoms with van der Waals surface area (Å²) in [5, 5.41) is 9.06. The van der Waals surface area contributed by atoms with Gasteiger partial charge >= 0.3 is 5.97 Å². The van der Waals surface area contributed by atoms with Gasteiger partial charge in [-0.1, -0.05) is 27.7 Å². The lowest BCUT2D eigenvalue weighted by molar-refractivity contribution is -0.146. The SMILES string of the molecule is CC(C)C(C#N)(C(=O)OP)C(C)C. The van der Waals surface area contributed by atoms with Gasteiger partial charge in [-0.05, 0) is 11.8 Å². The normalized spacial score (nSPS) is 11.5. The van der Waals surface area contributed by atoms with E-state index in [0.717, 1.165) is 0 Å². The van der Waals surface area contributed by atoms with Crippen LogP contribution in [0.5, 0.6) is 0 Å². The first kappa shape index (κ1) is 12.4. The van der Waals surface area contributed by atoms with Gasteiger partial charge in [0.25, 0.3) is 0 Å². The van der Waals surface area contributed by atoms with Crippen LogP contribution in [0.1, 0.15) is 27.7 Å². The summed E-state index contributed by atoms with van der Waals surface area (Å²) in [6, 6.07) is 2.08. The van der Waals surface area contributed by atoms with Crippen LogP contribution >= 0.6 is 9.47 Å². The summed E-state index contributed by atoms with van der Waals surface area (Å²) in [4.78, 5) is 11.5. The van der Waals surface area contributed by atoms with E-state index >= 15 is 0 Å². The number of rotatable bonds is 3. The molecule has 0 aliphatic carbocycles. The second kappa shape index (κ2) is 4.58. The fraction of sp³-hybridized carbons (Fsp3) is 0.778. The monoisotopic (exact) mass is 201 g/mol. The molecule has 0 amide bonds. The lowest BCUT2D eigenvalue weighted by atomic mass is 9.70. The van der Waals surface area contributed by atoms with Crippen molar-refractivity contribution in [1.82, 2.24) is 0 Å². The summed E-state index contributed by atoms with van der Waals surface area (Å²) < 4.78 is 4.58. The van der Waals surface area contributed by atoms with Crippen LogP contribution in [-0.4, -0.2) is 5.97 Å². The highest BCUT2D eigenvalue weighted by Gasteiger charge is 2.46. The van der Waals surface area contributed by atoms with Gasteiger partial charge in [0.15, 0.2) is 5.41 Å². The van der Waals surface area contributed by atoms with Crippen molar-refractivity contribution in [2.24, 2.45) is 17.3 Å². The molecule has 4 heteroatoms. The van der Waals surface area contributed by atoms with E-state index in [-0.39, 0.29) is 11.8 Å². The standard InChI is InChI=1S/C9H16NO2P/c1-6(2)9(5-10,7(3)4)8(11)12-13/h6-7H,13H2,1-4H3. The van der Waals surface area contributed by atoms with Gasteiger partial charge in [0.1, 0.15) is 0 Å². The van der Waals surface area contributed by atoms with Crippen molar-refractivity contribution < 1.29 is 9.32 Å². The molecule has 1 unspecified atom stereocenters. The fourth-order valence-corrected chi connectivity index (χ4v) is 1.73. The molecule has 0 saturated heterocycles. The lowest BCUT2D eigenvalue weighted by Gasteiger charge is -2.31. The van der Waals surface area contributed by atoms with Gasteiger partial charge in [0.2, 0.25) is 0 Å². The zero-order valence-corrected chi connectivity index (χ0v) is 9.65. The van der Waals surface area contributed by atoms with Gasteiger partial charge in [-0.2, -0.15) is 5.26 Å². The van der Waals surface area contributed by atoms with E-state index in [0.29, 0.717) is 0 Å². The molecule has 1 atom stereocenters. The Hall–Kier alpha value is -0.610. The van der Waals surface area contributed by atoms with Crippen LogP contribution in [0.15, 0.2) is 0 Å². The van der Waals surface area contributed by atoms with Crippen molar-refractivity contribution in [2.45, 2.75) is 27.7 Å². The number of carbonyl (C=O) groups is 1. The minimum Gasteiger partial charge on any atom is -0.450 e. The molecular formula is C9H16NO2P. The maximum atomic E-state index is 11.5. The molecule has 0 spiro atoms. The van der Waals surface area contributed by atoms with E-state index in [2.05, 4.69) is 10.6 Å². The molecule has 0 N–H and O–H groups in total. The molecule has 13 heavy (non-hydrogen) atoms. The number of hydrogen-bond donors (Lipinski definition) is 0. The van der Waals surface area contributed by atoms with Crippen LogP contribution in [0.2, 0.25) is 0 Å². The Morgan fingerprint density at radius 1 is 1.38 bits per heavy atom. The maximum Gasteiger partial charge on any atom is 0.329 e. The van der Waals surface area contributed by atoms with Gasteiger partial charge in [0, 0.05) is 0 Å². The summed E-state index contributed by atoms with van der Waals surface area (Å²) in [6.07, 6.45) is 0. The van der Waals surface area contributed by atoms with Gasteiger partial charge in [0.05, 0.1) is 15.5 Å². The Kier molecular flexibility index (Phi) is 4.36. The second-order valence-electron chi connectivity index (χ2n) is 3.70. The van der Waals surface area contributed by atoms with Gasteiger partial charge in [-0.3, -0.25) is 4.79 Å². The van der Waals surface area contributed by atoms with E-state index < -0.39 is 11.4 Å². The Morgan fingerprint density at radius 3 is 1.85 bits per heavy atom. The van der Waals surface area contributed by atoms with Crippen LogP contribution in [0.25, 0.3) is 0 Å². The largest absolute Gasteiger partial charge is 0.450 e. The van der Waals surface area contributed by atoms with E-state index in [4.69, 9.17) is 5.26 Å². The van der Waals surface area contributed by atoms with E-state index in [1.807, 2.05) is 37.2 Å². The number of nitriles is 1. The van der Waals surface area contributed by atoms with Crippen LogP contribution < -0.4 is 0 Å². The van der Waals surface area contributed by atoms with Crippen LogP contribution in [0.3, 0.4) is 0 Å². The Morgan fingerprint density at radius 2 is 1.77 bits per heavy atom. The second-order valence-corrected chi connectivity index (χ2v) is 3.93. The fourth-order valence-electron chi connectivity index (χ4n) is 1.54. The molecule has 0 bridgehead atoms. The molecule has 0 aromatic rings. The lowest BCUT2D eigenvalue weighted by Crippen LogP contribution is -2.40. The molecule has 74 valence electrons. The molecule has 0 aliphatic rings. The molecule has 0 aromatic carbocycles. The first-order chi connectivity index (χ1) is 5.93. The maximum absolute atomic E-state index is 11.5. The molecule has 0 rings (SSSR count). The van der Waals surface area contributed by atoms with Crippen molar-refractivity contribution in [1.29, 1.82) is 5.26 Å². The van der Waals surface area contributed by atoms with Gasteiger partial charge in [-0.15, -0.1) is 0 Å². The smallest absolute Gasteiger partial charge is 0.329 e. The average Bonchev–Trinajstić information content (AvgIpc) is 2.04. The molecular weight excluding hydrogens is 185 g/mol. The van der Waals surface area contributed by atoms with Crippen LogP contribution in [0, 0.1) is 28.6 Å². The summed E-state index contributed by atoms with van der Waals surface area (Å²) in [6.45, 7) is 7.41. The highest BCUT2D eigenvalue weighted by molar-refractivity contribution is 7.10. The zero-order chi connectivity index (χ0) is 10.6. The third-order valence-electron chi connectivity index (χ3n) is 2.45.